The monoisotopic (exact) mass is 328 g/mol. The third-order valence-corrected chi connectivity index (χ3v) is 5.07. The van der Waals surface area contributed by atoms with Crippen LogP contribution in [0.4, 0.5) is 0 Å². The molecule has 0 bridgehead atoms. The number of nitrogens with one attached hydrogen (secondary N) is 1. The number of amides is 1. The van der Waals surface area contributed by atoms with Crippen molar-refractivity contribution >= 4 is 5.91 Å². The largest absolute Gasteiger partial charge is 0.333 e. The first kappa shape index (κ1) is 18.5. The Morgan fingerprint density at radius 2 is 2.00 bits per heavy atom. The van der Waals surface area contributed by atoms with E-state index in [9.17, 15) is 10.1 Å². The van der Waals surface area contributed by atoms with Gasteiger partial charge in [0.2, 0.25) is 0 Å². The molecule has 1 fully saturated rings. The standard InChI is InChI=1S/C20H29N3O/c1-5-15-6-8-16(9-7-15)19(14(2)3)22-12-18(24)23-20(4,13-21)17-10-11-17/h6-9,14,17,19,22H,5,10-12H2,1-4H3,(H,23,24)/p+1/t19-,20+/m1/s1. The summed E-state index contributed by atoms with van der Waals surface area (Å²) in [7, 11) is 0. The Morgan fingerprint density at radius 3 is 2.46 bits per heavy atom. The Hall–Kier alpha value is -1.86. The molecule has 0 unspecified atom stereocenters. The summed E-state index contributed by atoms with van der Waals surface area (Å²) in [6.45, 7) is 8.69. The van der Waals surface area contributed by atoms with Crippen LogP contribution in [0.15, 0.2) is 24.3 Å². The van der Waals surface area contributed by atoms with Gasteiger partial charge >= 0.3 is 0 Å². The Labute approximate surface area is 145 Å². The van der Waals surface area contributed by atoms with Crippen LogP contribution in [-0.2, 0) is 11.2 Å². The quantitative estimate of drug-likeness (QED) is 0.769. The molecule has 4 heteroatoms. The van der Waals surface area contributed by atoms with Crippen LogP contribution in [0.1, 0.15) is 57.7 Å². The lowest BCUT2D eigenvalue weighted by Crippen LogP contribution is -2.88. The summed E-state index contributed by atoms with van der Waals surface area (Å²) in [6, 6.07) is 11.2. The zero-order valence-electron chi connectivity index (χ0n) is 15.3. The van der Waals surface area contributed by atoms with Gasteiger partial charge in [-0.1, -0.05) is 45.0 Å². The Kier molecular flexibility index (Phi) is 6.01. The molecule has 0 heterocycles. The number of nitrogens with two attached hydrogens (primary N) is 1. The number of nitriles is 1. The molecular formula is C20H30N3O+. The van der Waals surface area contributed by atoms with Gasteiger partial charge in [-0.3, -0.25) is 4.79 Å². The lowest BCUT2D eigenvalue weighted by atomic mass is 9.94. The minimum absolute atomic E-state index is 0.0539. The zero-order valence-corrected chi connectivity index (χ0v) is 15.3. The number of benzene rings is 1. The predicted molar refractivity (Wildman–Crippen MR) is 95.1 cm³/mol. The van der Waals surface area contributed by atoms with E-state index >= 15 is 0 Å². The van der Waals surface area contributed by atoms with Crippen LogP contribution >= 0.6 is 0 Å². The fourth-order valence-corrected chi connectivity index (χ4v) is 3.23. The average molecular weight is 328 g/mol. The second-order valence-corrected chi connectivity index (χ2v) is 7.44. The molecule has 0 aliphatic heterocycles. The van der Waals surface area contributed by atoms with E-state index in [0.29, 0.717) is 18.4 Å². The SMILES string of the molecule is CCc1ccc([C@H]([NH2+]CC(=O)N[C@@](C)(C#N)C2CC2)C(C)C)cc1. The van der Waals surface area contributed by atoms with E-state index in [1.807, 2.05) is 6.92 Å². The van der Waals surface area contributed by atoms with Crippen LogP contribution < -0.4 is 10.6 Å². The maximum Gasteiger partial charge on any atom is 0.276 e. The molecule has 3 N–H and O–H groups in total. The van der Waals surface area contributed by atoms with Gasteiger partial charge in [0.15, 0.2) is 6.54 Å². The summed E-state index contributed by atoms with van der Waals surface area (Å²) in [5, 5.41) is 14.4. The Bertz CT molecular complexity index is 598. The van der Waals surface area contributed by atoms with Gasteiger partial charge in [-0.15, -0.1) is 0 Å². The van der Waals surface area contributed by atoms with Crippen molar-refractivity contribution in [3.63, 3.8) is 0 Å². The first-order valence-electron chi connectivity index (χ1n) is 9.04. The number of hydrogen-bond acceptors (Lipinski definition) is 2. The van der Waals surface area contributed by atoms with Crippen LogP contribution in [-0.4, -0.2) is 18.0 Å². The van der Waals surface area contributed by atoms with Crippen LogP contribution in [0.2, 0.25) is 0 Å². The highest BCUT2D eigenvalue weighted by molar-refractivity contribution is 5.78. The molecule has 24 heavy (non-hydrogen) atoms. The van der Waals surface area contributed by atoms with Gasteiger partial charge in [0.05, 0.1) is 6.07 Å². The van der Waals surface area contributed by atoms with Gasteiger partial charge in [0, 0.05) is 11.5 Å². The maximum atomic E-state index is 12.3. The fourth-order valence-electron chi connectivity index (χ4n) is 3.23. The third-order valence-electron chi connectivity index (χ3n) is 5.07. The first-order chi connectivity index (χ1) is 11.4. The molecule has 0 radical (unpaired) electrons. The van der Waals surface area contributed by atoms with Crippen molar-refractivity contribution in [1.29, 1.82) is 5.26 Å². The van der Waals surface area contributed by atoms with Crippen molar-refractivity contribution in [1.82, 2.24) is 5.32 Å². The molecule has 130 valence electrons. The Balaban J connectivity index is 1.95. The number of carbonyl (C=O) groups is 1. The number of hydrogen-bond donors (Lipinski definition) is 2. The molecule has 1 aromatic rings. The van der Waals surface area contributed by atoms with Gasteiger partial charge in [0.1, 0.15) is 11.6 Å². The molecule has 1 aromatic carbocycles. The van der Waals surface area contributed by atoms with Gasteiger partial charge in [0.25, 0.3) is 5.91 Å². The number of carbonyl (C=O) groups excluding carboxylic acids is 1. The molecule has 2 atom stereocenters. The number of nitrogens with zero attached hydrogens (tertiary/aromatic N) is 1. The van der Waals surface area contributed by atoms with E-state index in [4.69, 9.17) is 0 Å². The summed E-state index contributed by atoms with van der Waals surface area (Å²) in [5.41, 5.74) is 1.87. The Morgan fingerprint density at radius 1 is 1.38 bits per heavy atom. The zero-order chi connectivity index (χ0) is 17.7. The molecule has 1 saturated carbocycles. The van der Waals surface area contributed by atoms with E-state index in [2.05, 4.69) is 61.7 Å². The minimum Gasteiger partial charge on any atom is -0.333 e. The summed E-state index contributed by atoms with van der Waals surface area (Å²) in [6.07, 6.45) is 3.10. The van der Waals surface area contributed by atoms with Crippen molar-refractivity contribution in [2.45, 2.75) is 58.5 Å². The third kappa shape index (κ3) is 4.58. The van der Waals surface area contributed by atoms with Crippen LogP contribution in [0, 0.1) is 23.2 Å². The number of aryl methyl sites for hydroxylation is 1. The average Bonchev–Trinajstić information content (AvgIpc) is 3.40. The molecule has 0 saturated heterocycles. The maximum absolute atomic E-state index is 12.3. The summed E-state index contributed by atoms with van der Waals surface area (Å²) in [5.74, 6) is 0.687. The van der Waals surface area contributed by atoms with Gasteiger partial charge in [-0.05, 0) is 37.7 Å². The highest BCUT2D eigenvalue weighted by Crippen LogP contribution is 2.39. The lowest BCUT2D eigenvalue weighted by molar-refractivity contribution is -0.692. The first-order valence-corrected chi connectivity index (χ1v) is 9.04. The highest BCUT2D eigenvalue weighted by Gasteiger charge is 2.43. The van der Waals surface area contributed by atoms with Crippen molar-refractivity contribution in [2.75, 3.05) is 6.54 Å². The number of rotatable bonds is 8. The predicted octanol–water partition coefficient (Wildman–Crippen LogP) is 2.32. The molecule has 1 aliphatic carbocycles. The molecule has 0 spiro atoms. The van der Waals surface area contributed by atoms with E-state index in [-0.39, 0.29) is 11.9 Å². The molecule has 1 amide bonds. The normalized spacial score (nSPS) is 17.8. The molecule has 2 rings (SSSR count). The van der Waals surface area contributed by atoms with Crippen molar-refractivity contribution in [2.24, 2.45) is 11.8 Å². The van der Waals surface area contributed by atoms with Gasteiger partial charge in [-0.2, -0.15) is 5.26 Å². The van der Waals surface area contributed by atoms with E-state index in [1.165, 1.54) is 11.1 Å². The van der Waals surface area contributed by atoms with E-state index in [1.54, 1.807) is 0 Å². The number of quaternary nitrogens is 1. The van der Waals surface area contributed by atoms with Crippen molar-refractivity contribution in [3.05, 3.63) is 35.4 Å². The van der Waals surface area contributed by atoms with Crippen LogP contribution in [0.3, 0.4) is 0 Å². The van der Waals surface area contributed by atoms with Gasteiger partial charge in [-0.25, -0.2) is 0 Å². The second-order valence-electron chi connectivity index (χ2n) is 7.44. The minimum atomic E-state index is -0.707. The summed E-state index contributed by atoms with van der Waals surface area (Å²) < 4.78 is 0. The lowest BCUT2D eigenvalue weighted by Gasteiger charge is -2.24. The molecule has 4 nitrogen and oxygen atoms in total. The molecular weight excluding hydrogens is 298 g/mol. The highest BCUT2D eigenvalue weighted by atomic mass is 16.2. The van der Waals surface area contributed by atoms with Crippen molar-refractivity contribution < 1.29 is 10.1 Å². The smallest absolute Gasteiger partial charge is 0.276 e. The van der Waals surface area contributed by atoms with Gasteiger partial charge < -0.3 is 10.6 Å². The summed E-state index contributed by atoms with van der Waals surface area (Å²) >= 11 is 0. The second kappa shape index (κ2) is 7.81. The van der Waals surface area contributed by atoms with Crippen LogP contribution in [0.25, 0.3) is 0 Å². The molecule has 1 aliphatic rings. The van der Waals surface area contributed by atoms with E-state index in [0.717, 1.165) is 19.3 Å². The van der Waals surface area contributed by atoms with E-state index < -0.39 is 5.54 Å². The topological polar surface area (TPSA) is 69.5 Å². The summed E-state index contributed by atoms with van der Waals surface area (Å²) in [4.78, 5) is 12.3. The molecule has 0 aromatic heterocycles. The van der Waals surface area contributed by atoms with Crippen LogP contribution in [0.5, 0.6) is 0 Å². The van der Waals surface area contributed by atoms with Crippen molar-refractivity contribution in [3.8, 4) is 6.07 Å². The fraction of sp³-hybridized carbons (Fsp3) is 0.600.